The first-order chi connectivity index (χ1) is 11.7. The lowest BCUT2D eigenvalue weighted by Gasteiger charge is -2.30. The molecule has 1 aromatic carbocycles. The van der Waals surface area contributed by atoms with E-state index in [1.165, 1.54) is 36.6 Å². The molecule has 4 heteroatoms. The Labute approximate surface area is 143 Å². The van der Waals surface area contributed by atoms with E-state index < -0.39 is 0 Å². The SMILES string of the molecule is CC(=O)N(C[C@H]1CCCN1Cc1ccc2ncccc2c1)C1CC1. The molecule has 4 rings (SSSR count). The van der Waals surface area contributed by atoms with Gasteiger partial charge in [-0.15, -0.1) is 0 Å². The summed E-state index contributed by atoms with van der Waals surface area (Å²) in [6.45, 7) is 4.71. The van der Waals surface area contributed by atoms with E-state index in [-0.39, 0.29) is 5.91 Å². The van der Waals surface area contributed by atoms with E-state index in [2.05, 4.69) is 39.0 Å². The highest BCUT2D eigenvalue weighted by Crippen LogP contribution is 2.30. The van der Waals surface area contributed by atoms with Crippen molar-refractivity contribution < 1.29 is 4.79 Å². The summed E-state index contributed by atoms with van der Waals surface area (Å²) in [5.74, 6) is 0.237. The summed E-state index contributed by atoms with van der Waals surface area (Å²) in [5.41, 5.74) is 2.39. The first-order valence-electron chi connectivity index (χ1n) is 9.05. The normalized spacial score (nSPS) is 21.3. The molecule has 0 N–H and O–H groups in total. The van der Waals surface area contributed by atoms with E-state index in [0.717, 1.165) is 25.2 Å². The van der Waals surface area contributed by atoms with Crippen molar-refractivity contribution in [2.24, 2.45) is 0 Å². The standard InChI is InChI=1S/C20H25N3O/c1-15(24)23(18-7-8-18)14-19-5-3-11-22(19)13-16-6-9-20-17(12-16)4-2-10-21-20/h2,4,6,9-10,12,18-19H,3,5,7-8,11,13-14H2,1H3/t19-/m1/s1. The topological polar surface area (TPSA) is 36.4 Å². The Morgan fingerprint density at radius 1 is 1.29 bits per heavy atom. The Kier molecular flexibility index (Phi) is 4.23. The lowest BCUT2D eigenvalue weighted by Crippen LogP contribution is -2.43. The highest BCUT2D eigenvalue weighted by Gasteiger charge is 2.35. The van der Waals surface area contributed by atoms with Gasteiger partial charge in [-0.1, -0.05) is 12.1 Å². The molecular formula is C20H25N3O. The first-order valence-corrected chi connectivity index (χ1v) is 9.05. The maximum atomic E-state index is 11.9. The molecule has 0 radical (unpaired) electrons. The molecule has 4 nitrogen and oxygen atoms in total. The molecule has 2 aliphatic rings. The van der Waals surface area contributed by atoms with Crippen LogP contribution in [0.15, 0.2) is 36.5 Å². The summed E-state index contributed by atoms with van der Waals surface area (Å²) in [5, 5.41) is 1.20. The minimum absolute atomic E-state index is 0.237. The van der Waals surface area contributed by atoms with Crippen molar-refractivity contribution >= 4 is 16.8 Å². The van der Waals surface area contributed by atoms with E-state index >= 15 is 0 Å². The molecule has 1 saturated carbocycles. The second-order valence-corrected chi connectivity index (χ2v) is 7.20. The summed E-state index contributed by atoms with van der Waals surface area (Å²) < 4.78 is 0. The van der Waals surface area contributed by atoms with Crippen molar-refractivity contribution in [3.05, 3.63) is 42.1 Å². The number of amides is 1. The quantitative estimate of drug-likeness (QED) is 0.848. The lowest BCUT2D eigenvalue weighted by atomic mass is 10.1. The highest BCUT2D eigenvalue weighted by molar-refractivity contribution is 5.78. The average molecular weight is 323 g/mol. The van der Waals surface area contributed by atoms with Gasteiger partial charge in [-0.25, -0.2) is 0 Å². The zero-order chi connectivity index (χ0) is 16.5. The number of benzene rings is 1. The monoisotopic (exact) mass is 323 g/mol. The molecule has 0 spiro atoms. The van der Waals surface area contributed by atoms with Gasteiger partial charge in [0.1, 0.15) is 0 Å². The molecule has 2 fully saturated rings. The molecule has 1 atom stereocenters. The van der Waals surface area contributed by atoms with Gasteiger partial charge in [0.25, 0.3) is 0 Å². The van der Waals surface area contributed by atoms with E-state index in [1.807, 2.05) is 12.3 Å². The molecule has 1 amide bonds. The van der Waals surface area contributed by atoms with Crippen LogP contribution >= 0.6 is 0 Å². The summed E-state index contributed by atoms with van der Waals surface area (Å²) in [7, 11) is 0. The molecule has 2 aromatic rings. The second-order valence-electron chi connectivity index (χ2n) is 7.20. The van der Waals surface area contributed by atoms with E-state index in [0.29, 0.717) is 12.1 Å². The molecule has 2 heterocycles. The molecule has 1 aliphatic heterocycles. The summed E-state index contributed by atoms with van der Waals surface area (Å²) in [6.07, 6.45) is 6.64. The number of carbonyl (C=O) groups excluding carboxylic acids is 1. The van der Waals surface area contributed by atoms with Crippen LogP contribution in [0.3, 0.4) is 0 Å². The Bertz CT molecular complexity index is 740. The third-order valence-corrected chi connectivity index (χ3v) is 5.35. The fourth-order valence-corrected chi connectivity index (χ4v) is 3.92. The number of fused-ring (bicyclic) bond motifs is 1. The van der Waals surface area contributed by atoms with Crippen LogP contribution in [0.5, 0.6) is 0 Å². The van der Waals surface area contributed by atoms with Crippen LogP contribution in [0, 0.1) is 0 Å². The fraction of sp³-hybridized carbons (Fsp3) is 0.500. The van der Waals surface area contributed by atoms with Gasteiger partial charge in [-0.05, 0) is 56.0 Å². The van der Waals surface area contributed by atoms with Crippen molar-refractivity contribution in [2.45, 2.75) is 51.2 Å². The second kappa shape index (κ2) is 6.52. The molecular weight excluding hydrogens is 298 g/mol. The molecule has 1 saturated heterocycles. The maximum absolute atomic E-state index is 11.9. The minimum Gasteiger partial charge on any atom is -0.338 e. The van der Waals surface area contributed by atoms with Gasteiger partial charge >= 0.3 is 0 Å². The molecule has 1 aromatic heterocycles. The zero-order valence-corrected chi connectivity index (χ0v) is 14.3. The van der Waals surface area contributed by atoms with Crippen molar-refractivity contribution in [1.82, 2.24) is 14.8 Å². The van der Waals surface area contributed by atoms with E-state index in [1.54, 1.807) is 6.92 Å². The van der Waals surface area contributed by atoms with Gasteiger partial charge in [-0.3, -0.25) is 14.7 Å². The summed E-state index contributed by atoms with van der Waals surface area (Å²) in [4.78, 5) is 21.0. The predicted octanol–water partition coefficient (Wildman–Crippen LogP) is 3.21. The van der Waals surface area contributed by atoms with Gasteiger partial charge in [0.05, 0.1) is 5.52 Å². The third-order valence-electron chi connectivity index (χ3n) is 5.35. The minimum atomic E-state index is 0.237. The number of likely N-dealkylation sites (tertiary alicyclic amines) is 1. The van der Waals surface area contributed by atoms with Crippen molar-refractivity contribution in [3.8, 4) is 0 Å². The number of hydrogen-bond acceptors (Lipinski definition) is 3. The van der Waals surface area contributed by atoms with Crippen LogP contribution in [0.25, 0.3) is 10.9 Å². The van der Waals surface area contributed by atoms with Crippen LogP contribution in [0.1, 0.15) is 38.2 Å². The first kappa shape index (κ1) is 15.6. The maximum Gasteiger partial charge on any atom is 0.219 e. The molecule has 1 aliphatic carbocycles. The van der Waals surface area contributed by atoms with Gasteiger partial charge in [-0.2, -0.15) is 0 Å². The third kappa shape index (κ3) is 3.29. The van der Waals surface area contributed by atoms with Crippen molar-refractivity contribution in [2.75, 3.05) is 13.1 Å². The summed E-state index contributed by atoms with van der Waals surface area (Å²) >= 11 is 0. The number of pyridine rings is 1. The lowest BCUT2D eigenvalue weighted by molar-refractivity contribution is -0.130. The smallest absolute Gasteiger partial charge is 0.219 e. The van der Waals surface area contributed by atoms with Gasteiger partial charge in [0.2, 0.25) is 5.91 Å². The summed E-state index contributed by atoms with van der Waals surface area (Å²) in [6, 6.07) is 11.7. The van der Waals surface area contributed by atoms with Crippen LogP contribution in [-0.4, -0.2) is 45.9 Å². The number of aromatic nitrogens is 1. The Hall–Kier alpha value is -1.94. The number of nitrogens with zero attached hydrogens (tertiary/aromatic N) is 3. The highest BCUT2D eigenvalue weighted by atomic mass is 16.2. The zero-order valence-electron chi connectivity index (χ0n) is 14.3. The molecule has 24 heavy (non-hydrogen) atoms. The molecule has 126 valence electrons. The molecule has 0 unspecified atom stereocenters. The van der Waals surface area contributed by atoms with Crippen LogP contribution in [0.2, 0.25) is 0 Å². The van der Waals surface area contributed by atoms with Crippen LogP contribution in [-0.2, 0) is 11.3 Å². The van der Waals surface area contributed by atoms with Crippen molar-refractivity contribution in [1.29, 1.82) is 0 Å². The Morgan fingerprint density at radius 2 is 2.17 bits per heavy atom. The van der Waals surface area contributed by atoms with Gasteiger partial charge < -0.3 is 4.90 Å². The number of carbonyl (C=O) groups is 1. The number of hydrogen-bond donors (Lipinski definition) is 0. The van der Waals surface area contributed by atoms with Crippen LogP contribution < -0.4 is 0 Å². The predicted molar refractivity (Wildman–Crippen MR) is 95.6 cm³/mol. The van der Waals surface area contributed by atoms with Gasteiger partial charge in [0.15, 0.2) is 0 Å². The van der Waals surface area contributed by atoms with Crippen LogP contribution in [0.4, 0.5) is 0 Å². The van der Waals surface area contributed by atoms with E-state index in [4.69, 9.17) is 0 Å². The van der Waals surface area contributed by atoms with E-state index in [9.17, 15) is 4.79 Å². The van der Waals surface area contributed by atoms with Crippen molar-refractivity contribution in [3.63, 3.8) is 0 Å². The Balaban J connectivity index is 1.46. The largest absolute Gasteiger partial charge is 0.338 e. The number of rotatable bonds is 5. The fourth-order valence-electron chi connectivity index (χ4n) is 3.92. The Morgan fingerprint density at radius 3 is 2.96 bits per heavy atom. The molecule has 0 bridgehead atoms. The average Bonchev–Trinajstić information content (AvgIpc) is 3.33. The van der Waals surface area contributed by atoms with Gasteiger partial charge in [0, 0.05) is 43.7 Å².